The Morgan fingerprint density at radius 1 is 1.27 bits per heavy atom. The maximum atomic E-state index is 11.0. The first-order valence-corrected chi connectivity index (χ1v) is 10.5. The Balaban J connectivity index is 1.66. The quantitative estimate of drug-likeness (QED) is 0.545. The molecule has 2 aromatic heterocycles. The van der Waals surface area contributed by atoms with Crippen molar-refractivity contribution in [2.45, 2.75) is 13.5 Å². The summed E-state index contributed by atoms with van der Waals surface area (Å²) in [6.45, 7) is 6.07. The van der Waals surface area contributed by atoms with Gasteiger partial charge < -0.3 is 15.2 Å². The molecule has 1 saturated heterocycles. The van der Waals surface area contributed by atoms with E-state index < -0.39 is 6.09 Å². The highest BCUT2D eigenvalue weighted by molar-refractivity contribution is 7.15. The first-order valence-electron chi connectivity index (χ1n) is 9.66. The van der Waals surface area contributed by atoms with Crippen molar-refractivity contribution >= 4 is 34.1 Å². The number of nitrogens with zero attached hydrogens (tertiary/aromatic N) is 3. The highest BCUT2D eigenvalue weighted by Gasteiger charge is 2.14. The summed E-state index contributed by atoms with van der Waals surface area (Å²) in [4.78, 5) is 23.6. The molecule has 9 heteroatoms. The van der Waals surface area contributed by atoms with Crippen LogP contribution in [-0.2, 0) is 11.3 Å². The summed E-state index contributed by atoms with van der Waals surface area (Å²) in [5.41, 5.74) is 3.23. The molecule has 156 valence electrons. The number of carboxylic acid groups (broad SMARTS) is 1. The predicted octanol–water partition coefficient (Wildman–Crippen LogP) is 4.18. The number of amides is 1. The Morgan fingerprint density at radius 3 is 2.83 bits per heavy atom. The van der Waals surface area contributed by atoms with Gasteiger partial charge in [0.2, 0.25) is 0 Å². The van der Waals surface area contributed by atoms with Crippen LogP contribution in [0.5, 0.6) is 0 Å². The zero-order valence-electron chi connectivity index (χ0n) is 16.6. The minimum absolute atomic E-state index is 0.505. The SMILES string of the molecule is Cc1cnc(Nc2cc(CN3CCOCC3)cc(-c3cccc(NC(=O)O)c3)n2)s1. The molecule has 0 radical (unpaired) electrons. The average molecular weight is 426 g/mol. The fraction of sp³-hybridized carbons (Fsp3) is 0.286. The fourth-order valence-electron chi connectivity index (χ4n) is 3.31. The summed E-state index contributed by atoms with van der Waals surface area (Å²) in [7, 11) is 0. The number of ether oxygens (including phenoxy) is 1. The van der Waals surface area contributed by atoms with E-state index in [0.717, 1.165) is 59.7 Å². The van der Waals surface area contributed by atoms with Crippen LogP contribution in [-0.4, -0.2) is 52.4 Å². The van der Waals surface area contributed by atoms with Gasteiger partial charge >= 0.3 is 6.09 Å². The van der Waals surface area contributed by atoms with E-state index in [9.17, 15) is 4.79 Å². The number of aromatic nitrogens is 2. The Labute approximate surface area is 178 Å². The molecule has 1 amide bonds. The van der Waals surface area contributed by atoms with Crippen molar-refractivity contribution in [2.24, 2.45) is 0 Å². The Hall–Kier alpha value is -3.01. The van der Waals surface area contributed by atoms with Gasteiger partial charge in [0.1, 0.15) is 5.82 Å². The molecule has 3 heterocycles. The van der Waals surface area contributed by atoms with Gasteiger partial charge in [-0.3, -0.25) is 10.2 Å². The first kappa shape index (κ1) is 20.3. The summed E-state index contributed by atoms with van der Waals surface area (Å²) in [5, 5.41) is 15.5. The maximum absolute atomic E-state index is 11.0. The van der Waals surface area contributed by atoms with Gasteiger partial charge in [-0.05, 0) is 36.8 Å². The number of carbonyl (C=O) groups is 1. The lowest BCUT2D eigenvalue weighted by molar-refractivity contribution is 0.0342. The Kier molecular flexibility index (Phi) is 6.22. The summed E-state index contributed by atoms with van der Waals surface area (Å²) in [6.07, 6.45) is 0.731. The molecule has 0 saturated carbocycles. The topological polar surface area (TPSA) is 99.6 Å². The second kappa shape index (κ2) is 9.21. The Bertz CT molecular complexity index is 1030. The molecule has 0 atom stereocenters. The molecule has 1 aliphatic heterocycles. The van der Waals surface area contributed by atoms with Crippen molar-refractivity contribution in [1.82, 2.24) is 14.9 Å². The molecule has 8 nitrogen and oxygen atoms in total. The van der Waals surface area contributed by atoms with Crippen LogP contribution < -0.4 is 10.6 Å². The van der Waals surface area contributed by atoms with E-state index in [1.165, 1.54) is 0 Å². The van der Waals surface area contributed by atoms with Gasteiger partial charge in [0.15, 0.2) is 5.13 Å². The number of rotatable bonds is 6. The molecule has 1 aromatic carbocycles. The van der Waals surface area contributed by atoms with Crippen LogP contribution in [0.25, 0.3) is 11.3 Å². The average Bonchev–Trinajstić information content (AvgIpc) is 3.13. The lowest BCUT2D eigenvalue weighted by Crippen LogP contribution is -2.35. The minimum atomic E-state index is -1.09. The lowest BCUT2D eigenvalue weighted by atomic mass is 10.1. The molecule has 1 fully saturated rings. The molecule has 30 heavy (non-hydrogen) atoms. The summed E-state index contributed by atoms with van der Waals surface area (Å²) < 4.78 is 5.45. The maximum Gasteiger partial charge on any atom is 0.409 e. The number of benzene rings is 1. The smallest absolute Gasteiger partial charge is 0.409 e. The normalized spacial score (nSPS) is 14.4. The third kappa shape index (κ3) is 5.32. The third-order valence-corrected chi connectivity index (χ3v) is 5.49. The van der Waals surface area contributed by atoms with Crippen LogP contribution in [0, 0.1) is 6.92 Å². The zero-order chi connectivity index (χ0) is 20.9. The highest BCUT2D eigenvalue weighted by Crippen LogP contribution is 2.27. The molecule has 0 spiro atoms. The summed E-state index contributed by atoms with van der Waals surface area (Å²) in [6, 6.07) is 11.3. The van der Waals surface area contributed by atoms with E-state index in [2.05, 4.69) is 20.5 Å². The predicted molar refractivity (Wildman–Crippen MR) is 118 cm³/mol. The van der Waals surface area contributed by atoms with Crippen molar-refractivity contribution in [3.05, 3.63) is 53.0 Å². The first-order chi connectivity index (χ1) is 14.5. The molecule has 4 rings (SSSR count). The van der Waals surface area contributed by atoms with Gasteiger partial charge in [0, 0.05) is 42.0 Å². The highest BCUT2D eigenvalue weighted by atomic mass is 32.1. The second-order valence-electron chi connectivity index (χ2n) is 7.05. The van der Waals surface area contributed by atoms with Gasteiger partial charge in [-0.2, -0.15) is 0 Å². The van der Waals surface area contributed by atoms with Gasteiger partial charge in [-0.1, -0.05) is 12.1 Å². The number of morpholine rings is 1. The van der Waals surface area contributed by atoms with E-state index in [4.69, 9.17) is 14.8 Å². The van der Waals surface area contributed by atoms with Gasteiger partial charge in [-0.25, -0.2) is 14.8 Å². The van der Waals surface area contributed by atoms with Crippen LogP contribution >= 0.6 is 11.3 Å². The lowest BCUT2D eigenvalue weighted by Gasteiger charge is -2.26. The molecule has 0 unspecified atom stereocenters. The van der Waals surface area contributed by atoms with E-state index in [-0.39, 0.29) is 0 Å². The van der Waals surface area contributed by atoms with Crippen LogP contribution in [0.15, 0.2) is 42.6 Å². The fourth-order valence-corrected chi connectivity index (χ4v) is 3.98. The van der Waals surface area contributed by atoms with Crippen molar-refractivity contribution in [3.8, 4) is 11.3 Å². The van der Waals surface area contributed by atoms with Crippen molar-refractivity contribution in [3.63, 3.8) is 0 Å². The van der Waals surface area contributed by atoms with Crippen LogP contribution in [0.4, 0.5) is 21.4 Å². The molecule has 0 aliphatic carbocycles. The molecule has 3 aromatic rings. The summed E-state index contributed by atoms with van der Waals surface area (Å²) in [5.74, 6) is 0.710. The largest absolute Gasteiger partial charge is 0.465 e. The second-order valence-corrected chi connectivity index (χ2v) is 8.28. The number of anilines is 3. The van der Waals surface area contributed by atoms with Crippen molar-refractivity contribution in [1.29, 1.82) is 0 Å². The monoisotopic (exact) mass is 425 g/mol. The number of hydrogen-bond donors (Lipinski definition) is 3. The van der Waals surface area contributed by atoms with E-state index in [1.54, 1.807) is 23.5 Å². The number of nitrogens with one attached hydrogen (secondary N) is 2. The molecule has 0 bridgehead atoms. The third-order valence-electron chi connectivity index (χ3n) is 4.66. The van der Waals surface area contributed by atoms with Crippen molar-refractivity contribution in [2.75, 3.05) is 36.9 Å². The number of aryl methyl sites for hydroxylation is 1. The van der Waals surface area contributed by atoms with Gasteiger partial charge in [0.05, 0.1) is 18.9 Å². The van der Waals surface area contributed by atoms with E-state index >= 15 is 0 Å². The van der Waals surface area contributed by atoms with Crippen LogP contribution in [0.1, 0.15) is 10.4 Å². The zero-order valence-corrected chi connectivity index (χ0v) is 17.4. The number of pyridine rings is 1. The Morgan fingerprint density at radius 2 is 2.10 bits per heavy atom. The summed E-state index contributed by atoms with van der Waals surface area (Å²) >= 11 is 1.57. The molecule has 3 N–H and O–H groups in total. The number of hydrogen-bond acceptors (Lipinski definition) is 7. The molecular weight excluding hydrogens is 402 g/mol. The van der Waals surface area contributed by atoms with Crippen LogP contribution in [0.3, 0.4) is 0 Å². The van der Waals surface area contributed by atoms with E-state index in [0.29, 0.717) is 11.5 Å². The molecule has 1 aliphatic rings. The molecular formula is C21H23N5O3S. The van der Waals surface area contributed by atoms with Gasteiger partial charge in [-0.15, -0.1) is 11.3 Å². The number of thiazole rings is 1. The van der Waals surface area contributed by atoms with E-state index in [1.807, 2.05) is 37.4 Å². The minimum Gasteiger partial charge on any atom is -0.465 e. The van der Waals surface area contributed by atoms with Crippen molar-refractivity contribution < 1.29 is 14.6 Å². The van der Waals surface area contributed by atoms with Crippen LogP contribution in [0.2, 0.25) is 0 Å². The van der Waals surface area contributed by atoms with Gasteiger partial charge in [0.25, 0.3) is 0 Å². The standard InChI is InChI=1S/C21H23N5O3S/c1-14-12-22-20(30-14)25-19-10-15(13-26-5-7-29-8-6-26)9-18(24-19)16-3-2-4-17(11-16)23-21(27)28/h2-4,9-12,23H,5-8,13H2,1H3,(H,27,28)(H,22,24,25).